The van der Waals surface area contributed by atoms with E-state index in [9.17, 15) is 4.79 Å². The molecule has 0 saturated carbocycles. The molecule has 1 aromatic carbocycles. The molecule has 0 spiro atoms. The summed E-state index contributed by atoms with van der Waals surface area (Å²) in [4.78, 5) is 28.8. The van der Waals surface area contributed by atoms with Gasteiger partial charge in [0.15, 0.2) is 5.82 Å². The molecule has 32 heavy (non-hydrogen) atoms. The Balaban J connectivity index is 1.46. The zero-order chi connectivity index (χ0) is 22.5. The molecule has 1 saturated heterocycles. The van der Waals surface area contributed by atoms with E-state index in [0.29, 0.717) is 13.0 Å². The molecule has 1 aliphatic rings. The highest BCUT2D eigenvalue weighted by molar-refractivity contribution is 5.76. The summed E-state index contributed by atoms with van der Waals surface area (Å²) in [5.74, 6) is 3.27. The highest BCUT2D eigenvalue weighted by Crippen LogP contribution is 2.30. The molecule has 0 aliphatic carbocycles. The van der Waals surface area contributed by atoms with Crippen molar-refractivity contribution in [2.45, 2.75) is 51.4 Å². The maximum absolute atomic E-state index is 13.0. The third-order valence-corrected chi connectivity index (χ3v) is 6.07. The maximum Gasteiger partial charge on any atom is 0.222 e. The van der Waals surface area contributed by atoms with Crippen molar-refractivity contribution in [1.82, 2.24) is 24.4 Å². The highest BCUT2D eigenvalue weighted by atomic mass is 16.5. The first-order valence-corrected chi connectivity index (χ1v) is 11.3. The van der Waals surface area contributed by atoms with Crippen LogP contribution in [-0.2, 0) is 11.2 Å². The molecule has 7 heteroatoms. The van der Waals surface area contributed by atoms with Crippen LogP contribution in [0.4, 0.5) is 0 Å². The highest BCUT2D eigenvalue weighted by Gasteiger charge is 2.28. The van der Waals surface area contributed by atoms with Gasteiger partial charge in [0.2, 0.25) is 5.91 Å². The number of hydrogen-bond acceptors (Lipinski definition) is 5. The molecule has 168 valence electrons. The molecular weight excluding hydrogens is 402 g/mol. The Kier molecular flexibility index (Phi) is 6.83. The minimum Gasteiger partial charge on any atom is -0.497 e. The Labute approximate surface area is 189 Å². The van der Waals surface area contributed by atoms with Gasteiger partial charge in [-0.25, -0.2) is 9.97 Å². The first-order chi connectivity index (χ1) is 15.6. The van der Waals surface area contributed by atoms with E-state index in [1.165, 1.54) is 0 Å². The van der Waals surface area contributed by atoms with Gasteiger partial charge >= 0.3 is 0 Å². The fourth-order valence-electron chi connectivity index (χ4n) is 4.36. The third kappa shape index (κ3) is 4.82. The normalized spacial score (nSPS) is 16.4. The molecule has 3 aromatic rings. The summed E-state index contributed by atoms with van der Waals surface area (Å²) in [6, 6.07) is 7.92. The molecule has 0 radical (unpaired) electrons. The summed E-state index contributed by atoms with van der Waals surface area (Å²) in [6.45, 7) is 5.73. The Hall–Kier alpha value is -3.22. The number of aryl methyl sites for hydroxylation is 1. The number of benzene rings is 1. The first kappa shape index (κ1) is 22.0. The molecular formula is C25H31N5O2. The first-order valence-electron chi connectivity index (χ1n) is 11.3. The van der Waals surface area contributed by atoms with E-state index in [0.717, 1.165) is 54.5 Å². The third-order valence-electron chi connectivity index (χ3n) is 6.07. The van der Waals surface area contributed by atoms with Gasteiger partial charge < -0.3 is 9.64 Å². The molecule has 0 bridgehead atoms. The Bertz CT molecular complexity index is 1040. The lowest BCUT2D eigenvalue weighted by Crippen LogP contribution is -2.39. The monoisotopic (exact) mass is 433 g/mol. The van der Waals surface area contributed by atoms with Gasteiger partial charge in [-0.15, -0.1) is 0 Å². The van der Waals surface area contributed by atoms with Crippen molar-refractivity contribution in [2.75, 3.05) is 20.2 Å². The quantitative estimate of drug-likeness (QED) is 0.560. The molecule has 4 rings (SSSR count). The average Bonchev–Trinajstić information content (AvgIpc) is 3.33. The molecule has 1 aliphatic heterocycles. The van der Waals surface area contributed by atoms with Crippen molar-refractivity contribution in [2.24, 2.45) is 0 Å². The van der Waals surface area contributed by atoms with Crippen LogP contribution in [-0.4, -0.2) is 50.5 Å². The van der Waals surface area contributed by atoms with Crippen LogP contribution in [0.25, 0.3) is 5.82 Å². The number of aromatic nitrogens is 4. The zero-order valence-corrected chi connectivity index (χ0v) is 19.1. The molecule has 2 aromatic heterocycles. The van der Waals surface area contributed by atoms with Crippen LogP contribution >= 0.6 is 0 Å². The molecule has 3 heterocycles. The van der Waals surface area contributed by atoms with E-state index < -0.39 is 0 Å². The van der Waals surface area contributed by atoms with Crippen molar-refractivity contribution in [1.29, 1.82) is 0 Å². The second-order valence-electron chi connectivity index (χ2n) is 8.60. The number of amides is 1. The van der Waals surface area contributed by atoms with Crippen molar-refractivity contribution < 1.29 is 9.53 Å². The van der Waals surface area contributed by atoms with E-state index in [2.05, 4.69) is 23.8 Å². The van der Waals surface area contributed by atoms with Crippen LogP contribution in [0, 0.1) is 0 Å². The van der Waals surface area contributed by atoms with Crippen LogP contribution in [0.3, 0.4) is 0 Å². The minimum absolute atomic E-state index is 0.166. The summed E-state index contributed by atoms with van der Waals surface area (Å²) < 4.78 is 7.25. The maximum atomic E-state index is 13.0. The lowest BCUT2D eigenvalue weighted by molar-refractivity contribution is -0.132. The van der Waals surface area contributed by atoms with Crippen molar-refractivity contribution >= 4 is 5.91 Å². The van der Waals surface area contributed by atoms with Gasteiger partial charge in [-0.2, -0.15) is 0 Å². The lowest BCUT2D eigenvalue weighted by atomic mass is 9.93. The molecule has 1 amide bonds. The largest absolute Gasteiger partial charge is 0.497 e. The van der Waals surface area contributed by atoms with Crippen molar-refractivity contribution in [3.8, 4) is 11.6 Å². The Morgan fingerprint density at radius 3 is 2.66 bits per heavy atom. The SMILES string of the molecule is COc1ccc(CCC(=O)N2CCC[C@@H](c3nccnc3-n3ccnc3C(C)C)C2)cc1. The van der Waals surface area contributed by atoms with Gasteiger partial charge in [0, 0.05) is 56.1 Å². The fourth-order valence-corrected chi connectivity index (χ4v) is 4.36. The van der Waals surface area contributed by atoms with Gasteiger partial charge in [0.1, 0.15) is 11.6 Å². The molecule has 7 nitrogen and oxygen atoms in total. The molecule has 1 fully saturated rings. The van der Waals surface area contributed by atoms with E-state index >= 15 is 0 Å². The number of imidazole rings is 1. The number of piperidine rings is 1. The van der Waals surface area contributed by atoms with Gasteiger partial charge in [-0.3, -0.25) is 14.3 Å². The number of hydrogen-bond donors (Lipinski definition) is 0. The average molecular weight is 434 g/mol. The number of carbonyl (C=O) groups is 1. The predicted octanol–water partition coefficient (Wildman–Crippen LogP) is 4.13. The lowest BCUT2D eigenvalue weighted by Gasteiger charge is -2.33. The number of ether oxygens (including phenoxy) is 1. The second kappa shape index (κ2) is 9.94. The van der Waals surface area contributed by atoms with Gasteiger partial charge in [0.05, 0.1) is 12.8 Å². The summed E-state index contributed by atoms with van der Waals surface area (Å²) in [5, 5.41) is 0. The van der Waals surface area contributed by atoms with E-state index in [-0.39, 0.29) is 17.7 Å². The summed E-state index contributed by atoms with van der Waals surface area (Å²) >= 11 is 0. The van der Waals surface area contributed by atoms with Crippen LogP contribution in [0.2, 0.25) is 0 Å². The van der Waals surface area contributed by atoms with Gasteiger partial charge in [-0.1, -0.05) is 26.0 Å². The summed E-state index contributed by atoms with van der Waals surface area (Å²) in [5.41, 5.74) is 2.09. The molecule has 0 N–H and O–H groups in total. The summed E-state index contributed by atoms with van der Waals surface area (Å²) in [6.07, 6.45) is 10.4. The van der Waals surface area contributed by atoms with Crippen LogP contribution in [0.15, 0.2) is 49.1 Å². The summed E-state index contributed by atoms with van der Waals surface area (Å²) in [7, 11) is 1.66. The van der Waals surface area contributed by atoms with Crippen LogP contribution in [0.1, 0.15) is 62.0 Å². The number of carbonyl (C=O) groups excluding carboxylic acids is 1. The zero-order valence-electron chi connectivity index (χ0n) is 19.1. The molecule has 1 atom stereocenters. The Morgan fingerprint density at radius 2 is 1.91 bits per heavy atom. The van der Waals surface area contributed by atoms with Crippen molar-refractivity contribution in [3.05, 3.63) is 66.1 Å². The molecule has 0 unspecified atom stereocenters. The van der Waals surface area contributed by atoms with E-state index in [4.69, 9.17) is 9.72 Å². The van der Waals surface area contributed by atoms with E-state index in [1.807, 2.05) is 46.1 Å². The fraction of sp³-hybridized carbons (Fsp3) is 0.440. The van der Waals surface area contributed by atoms with Crippen LogP contribution in [0.5, 0.6) is 5.75 Å². The number of methoxy groups -OCH3 is 1. The Morgan fingerprint density at radius 1 is 1.12 bits per heavy atom. The van der Waals surface area contributed by atoms with Crippen LogP contribution < -0.4 is 4.74 Å². The van der Waals surface area contributed by atoms with Gasteiger partial charge in [-0.05, 0) is 37.0 Å². The van der Waals surface area contributed by atoms with Crippen molar-refractivity contribution in [3.63, 3.8) is 0 Å². The van der Waals surface area contributed by atoms with Gasteiger partial charge in [0.25, 0.3) is 0 Å². The number of likely N-dealkylation sites (tertiary alicyclic amines) is 1. The van der Waals surface area contributed by atoms with E-state index in [1.54, 1.807) is 19.5 Å². The predicted molar refractivity (Wildman–Crippen MR) is 123 cm³/mol. The standard InChI is InChI=1S/C25H31N5O2/c1-18(2)24-28-14-16-30(24)25-23(26-12-13-27-25)20-5-4-15-29(17-20)22(31)11-8-19-6-9-21(32-3)10-7-19/h6-7,9-10,12-14,16,18,20H,4-5,8,11,15,17H2,1-3H3/t20-/m1/s1. The second-order valence-corrected chi connectivity index (χ2v) is 8.60. The minimum atomic E-state index is 0.166. The number of nitrogens with zero attached hydrogens (tertiary/aromatic N) is 5. The number of rotatable bonds is 7. The smallest absolute Gasteiger partial charge is 0.222 e. The topological polar surface area (TPSA) is 73.1 Å².